The van der Waals surface area contributed by atoms with Crippen LogP contribution in [0.3, 0.4) is 0 Å². The van der Waals surface area contributed by atoms with Crippen molar-refractivity contribution in [3.05, 3.63) is 0 Å². The van der Waals surface area contributed by atoms with Crippen LogP contribution in [-0.4, -0.2) is 30.7 Å². The second kappa shape index (κ2) is 56.3. The lowest BCUT2D eigenvalue weighted by Crippen LogP contribution is -2.50. The molecule has 0 N–H and O–H groups in total. The predicted octanol–water partition coefficient (Wildman–Crippen LogP) is 22.9. The molecular weight excluding hydrogens is 759 g/mol. The van der Waals surface area contributed by atoms with Gasteiger partial charge in [0.15, 0.2) is 0 Å². The van der Waals surface area contributed by atoms with Crippen molar-refractivity contribution in [2.24, 2.45) is 0 Å². The van der Waals surface area contributed by atoms with E-state index in [1.165, 1.54) is 377 Å². The SMILES string of the molecule is CCCCCCCCCCCCCCCCC[N+](CCCCCCCCCCC)(CCCCCCCCCCCCCCCCC)CCCCCCCCCCCCCCCCC. The molecule has 0 aromatic rings. The van der Waals surface area contributed by atoms with Gasteiger partial charge in [-0.3, -0.25) is 0 Å². The Morgan fingerprint density at radius 3 is 0.333 bits per heavy atom. The van der Waals surface area contributed by atoms with Crippen molar-refractivity contribution in [2.75, 3.05) is 26.2 Å². The zero-order chi connectivity index (χ0) is 45.5. The first kappa shape index (κ1) is 63.0. The fourth-order valence-electron chi connectivity index (χ4n) is 10.9. The monoisotopic (exact) mass is 887 g/mol. The number of unbranched alkanes of at least 4 members (excludes halogenated alkanes) is 50. The van der Waals surface area contributed by atoms with Crippen molar-refractivity contribution < 1.29 is 4.48 Å². The van der Waals surface area contributed by atoms with Crippen molar-refractivity contribution in [3.8, 4) is 0 Å². The minimum atomic E-state index is 1.37. The van der Waals surface area contributed by atoms with E-state index in [0.717, 1.165) is 0 Å². The van der Waals surface area contributed by atoms with Gasteiger partial charge in [-0.05, 0) is 51.4 Å². The molecule has 63 heavy (non-hydrogen) atoms. The molecule has 0 rings (SSSR count). The van der Waals surface area contributed by atoms with Crippen LogP contribution >= 0.6 is 0 Å². The molecule has 0 aliphatic rings. The molecule has 0 amide bonds. The highest BCUT2D eigenvalue weighted by atomic mass is 15.3. The predicted molar refractivity (Wildman–Crippen MR) is 292 cm³/mol. The Hall–Kier alpha value is -0.0400. The summed E-state index contributed by atoms with van der Waals surface area (Å²) >= 11 is 0. The maximum atomic E-state index is 2.35. The molecule has 0 spiro atoms. The summed E-state index contributed by atoms with van der Waals surface area (Å²) in [7, 11) is 0. The van der Waals surface area contributed by atoms with Crippen LogP contribution in [0.5, 0.6) is 0 Å². The molecule has 0 atom stereocenters. The molecule has 380 valence electrons. The molecule has 0 aromatic heterocycles. The quantitative estimate of drug-likeness (QED) is 0.0422. The summed E-state index contributed by atoms with van der Waals surface area (Å²) in [6.45, 7) is 15.3. The number of hydrogen-bond donors (Lipinski definition) is 0. The molecule has 0 bridgehead atoms. The molecule has 0 saturated carbocycles. The highest BCUT2D eigenvalue weighted by Gasteiger charge is 2.26. The lowest BCUT2D eigenvalue weighted by atomic mass is 10.0. The second-order valence-corrected chi connectivity index (χ2v) is 21.9. The van der Waals surface area contributed by atoms with Crippen LogP contribution in [0.25, 0.3) is 0 Å². The van der Waals surface area contributed by atoms with Gasteiger partial charge in [-0.25, -0.2) is 0 Å². The van der Waals surface area contributed by atoms with E-state index in [1.54, 1.807) is 0 Å². The average Bonchev–Trinajstić information content (AvgIpc) is 3.29. The number of quaternary nitrogens is 1. The lowest BCUT2D eigenvalue weighted by molar-refractivity contribution is -0.929. The van der Waals surface area contributed by atoms with Crippen LogP contribution in [0.2, 0.25) is 0 Å². The second-order valence-electron chi connectivity index (χ2n) is 21.9. The van der Waals surface area contributed by atoms with Crippen molar-refractivity contribution in [1.82, 2.24) is 0 Å². The third kappa shape index (κ3) is 51.2. The van der Waals surface area contributed by atoms with Crippen molar-refractivity contribution in [3.63, 3.8) is 0 Å². The Kier molecular flexibility index (Phi) is 56.2. The fraction of sp³-hybridized carbons (Fsp3) is 1.00. The van der Waals surface area contributed by atoms with Gasteiger partial charge in [0.2, 0.25) is 0 Å². The van der Waals surface area contributed by atoms with E-state index in [2.05, 4.69) is 27.7 Å². The number of rotatable bonds is 58. The van der Waals surface area contributed by atoms with Crippen LogP contribution in [0.4, 0.5) is 0 Å². The van der Waals surface area contributed by atoms with E-state index in [9.17, 15) is 0 Å². The van der Waals surface area contributed by atoms with Gasteiger partial charge < -0.3 is 4.48 Å². The van der Waals surface area contributed by atoms with Crippen LogP contribution in [0.15, 0.2) is 0 Å². The summed E-state index contributed by atoms with van der Waals surface area (Å²) in [5.41, 5.74) is 0. The molecule has 0 radical (unpaired) electrons. The lowest BCUT2D eigenvalue weighted by Gasteiger charge is -2.40. The van der Waals surface area contributed by atoms with Gasteiger partial charge in [0.05, 0.1) is 26.2 Å². The van der Waals surface area contributed by atoms with Gasteiger partial charge in [0.25, 0.3) is 0 Å². The third-order valence-electron chi connectivity index (χ3n) is 15.4. The van der Waals surface area contributed by atoms with E-state index in [4.69, 9.17) is 0 Å². The summed E-state index contributed by atoms with van der Waals surface area (Å²) in [5, 5.41) is 0. The maximum Gasteiger partial charge on any atom is 0.0786 e. The molecular formula is C62H128N+. The average molecular weight is 888 g/mol. The summed E-state index contributed by atoms with van der Waals surface area (Å²) in [5.74, 6) is 0. The molecule has 0 aliphatic carbocycles. The van der Waals surface area contributed by atoms with Gasteiger partial charge in [-0.2, -0.15) is 0 Å². The van der Waals surface area contributed by atoms with Gasteiger partial charge in [0.1, 0.15) is 0 Å². The number of nitrogens with zero attached hydrogens (tertiary/aromatic N) is 1. The molecule has 0 saturated heterocycles. The molecule has 1 nitrogen and oxygen atoms in total. The molecule has 0 aromatic carbocycles. The Morgan fingerprint density at radius 1 is 0.127 bits per heavy atom. The minimum absolute atomic E-state index is 1.37. The minimum Gasteiger partial charge on any atom is -0.324 e. The first-order valence-corrected chi connectivity index (χ1v) is 31.1. The van der Waals surface area contributed by atoms with E-state index >= 15 is 0 Å². The van der Waals surface area contributed by atoms with E-state index in [-0.39, 0.29) is 0 Å². The van der Waals surface area contributed by atoms with E-state index < -0.39 is 0 Å². The Morgan fingerprint density at radius 2 is 0.222 bits per heavy atom. The smallest absolute Gasteiger partial charge is 0.0786 e. The van der Waals surface area contributed by atoms with Gasteiger partial charge >= 0.3 is 0 Å². The zero-order valence-electron chi connectivity index (χ0n) is 45.5. The van der Waals surface area contributed by atoms with Crippen molar-refractivity contribution in [1.29, 1.82) is 0 Å². The van der Waals surface area contributed by atoms with Gasteiger partial charge in [0, 0.05) is 0 Å². The molecule has 0 unspecified atom stereocenters. The van der Waals surface area contributed by atoms with Crippen molar-refractivity contribution in [2.45, 2.75) is 374 Å². The maximum absolute atomic E-state index is 2.35. The largest absolute Gasteiger partial charge is 0.324 e. The first-order valence-electron chi connectivity index (χ1n) is 31.1. The standard InChI is InChI=1S/C62H128N/c1-5-9-13-17-21-25-28-31-34-37-40-44-48-52-56-60-63(59-55-51-47-43-24-20-16-12-8-4,61-57-53-49-45-41-38-35-32-29-26-22-18-14-10-6-2)62-58-54-50-46-42-39-36-33-30-27-23-19-15-11-7-3/h5-62H2,1-4H3/q+1. The Bertz CT molecular complexity index is 690. The summed E-state index contributed by atoms with van der Waals surface area (Å²) in [6, 6.07) is 0. The van der Waals surface area contributed by atoms with Crippen molar-refractivity contribution >= 4 is 0 Å². The highest BCUT2D eigenvalue weighted by molar-refractivity contribution is 4.57. The summed E-state index contributed by atoms with van der Waals surface area (Å²) in [6.07, 6.45) is 79.7. The zero-order valence-corrected chi connectivity index (χ0v) is 45.5. The van der Waals surface area contributed by atoms with Crippen LogP contribution in [0.1, 0.15) is 374 Å². The molecule has 0 heterocycles. The first-order chi connectivity index (χ1) is 31.2. The topological polar surface area (TPSA) is 0 Å². The molecule has 0 fully saturated rings. The van der Waals surface area contributed by atoms with Crippen LogP contribution in [-0.2, 0) is 0 Å². The van der Waals surface area contributed by atoms with E-state index in [1.807, 2.05) is 0 Å². The molecule has 1 heteroatoms. The molecule has 0 aliphatic heterocycles. The normalized spacial score (nSPS) is 12.0. The van der Waals surface area contributed by atoms with Crippen LogP contribution in [0, 0.1) is 0 Å². The highest BCUT2D eigenvalue weighted by Crippen LogP contribution is 2.22. The summed E-state index contributed by atoms with van der Waals surface area (Å²) < 4.78 is 1.49. The summed E-state index contributed by atoms with van der Waals surface area (Å²) in [4.78, 5) is 0. The Balaban J connectivity index is 4.85. The van der Waals surface area contributed by atoms with Gasteiger partial charge in [-0.15, -0.1) is 0 Å². The number of hydrogen-bond acceptors (Lipinski definition) is 0. The van der Waals surface area contributed by atoms with E-state index in [0.29, 0.717) is 0 Å². The van der Waals surface area contributed by atoms with Gasteiger partial charge in [-0.1, -0.05) is 323 Å². The third-order valence-corrected chi connectivity index (χ3v) is 15.4. The Labute approximate surface area is 403 Å². The van der Waals surface area contributed by atoms with Crippen LogP contribution < -0.4 is 0 Å². The fourth-order valence-corrected chi connectivity index (χ4v) is 10.9.